The Bertz CT molecular complexity index is 742. The Kier molecular flexibility index (Phi) is 3.43. The highest BCUT2D eigenvalue weighted by Crippen LogP contribution is 2.23. The summed E-state index contributed by atoms with van der Waals surface area (Å²) in [4.78, 5) is 4.37. The van der Waals surface area contributed by atoms with Gasteiger partial charge in [-0.1, -0.05) is 12.1 Å². The number of anilines is 1. The minimum Gasteiger partial charge on any atom is -0.375 e. The van der Waals surface area contributed by atoms with Crippen molar-refractivity contribution in [1.82, 2.24) is 24.3 Å². The number of nitrogens with zero attached hydrogens (tertiary/aromatic N) is 5. The van der Waals surface area contributed by atoms with Crippen LogP contribution >= 0.6 is 0 Å². The lowest BCUT2D eigenvalue weighted by Gasteiger charge is -2.15. The Labute approximate surface area is 123 Å². The first-order valence-corrected chi connectivity index (χ1v) is 6.83. The average molecular weight is 282 g/mol. The van der Waals surface area contributed by atoms with E-state index in [1.807, 2.05) is 53.8 Å². The number of aromatic nitrogens is 5. The smallest absolute Gasteiger partial charge is 0.163 e. The molecule has 0 bridgehead atoms. The van der Waals surface area contributed by atoms with Gasteiger partial charge in [-0.05, 0) is 19.1 Å². The summed E-state index contributed by atoms with van der Waals surface area (Å²) >= 11 is 0. The van der Waals surface area contributed by atoms with E-state index in [9.17, 15) is 0 Å². The predicted octanol–water partition coefficient (Wildman–Crippen LogP) is 2.39. The van der Waals surface area contributed by atoms with Gasteiger partial charge in [-0.2, -0.15) is 0 Å². The molecule has 2 heterocycles. The maximum absolute atomic E-state index is 4.37. The molecule has 1 N–H and O–H groups in total. The molecule has 0 aliphatic heterocycles. The van der Waals surface area contributed by atoms with Crippen molar-refractivity contribution in [3.63, 3.8) is 0 Å². The van der Waals surface area contributed by atoms with Gasteiger partial charge < -0.3 is 14.5 Å². The van der Waals surface area contributed by atoms with Crippen LogP contribution in [0.5, 0.6) is 0 Å². The first-order chi connectivity index (χ1) is 10.1. The van der Waals surface area contributed by atoms with Crippen molar-refractivity contribution in [2.75, 3.05) is 5.32 Å². The molecule has 0 spiro atoms. The van der Waals surface area contributed by atoms with Crippen LogP contribution in [0.25, 0.3) is 11.4 Å². The zero-order valence-electron chi connectivity index (χ0n) is 12.4. The van der Waals surface area contributed by atoms with Crippen LogP contribution < -0.4 is 5.32 Å². The molecule has 0 fully saturated rings. The average Bonchev–Trinajstić information content (AvgIpc) is 3.07. The van der Waals surface area contributed by atoms with E-state index >= 15 is 0 Å². The highest BCUT2D eigenvalue weighted by molar-refractivity contribution is 5.62. The van der Waals surface area contributed by atoms with Crippen LogP contribution in [0.2, 0.25) is 0 Å². The molecule has 6 heteroatoms. The van der Waals surface area contributed by atoms with Crippen LogP contribution in [0.3, 0.4) is 0 Å². The van der Waals surface area contributed by atoms with Crippen molar-refractivity contribution in [3.05, 3.63) is 48.8 Å². The Morgan fingerprint density at radius 2 is 2.05 bits per heavy atom. The SMILES string of the molecule is CC(Nc1cccc(-c2nncn2C)c1)c1nccn1C. The normalized spacial score (nSPS) is 12.3. The molecule has 0 radical (unpaired) electrons. The van der Waals surface area contributed by atoms with Gasteiger partial charge in [0, 0.05) is 37.7 Å². The molecule has 108 valence electrons. The number of hydrogen-bond acceptors (Lipinski definition) is 4. The van der Waals surface area contributed by atoms with Gasteiger partial charge in [0.1, 0.15) is 12.2 Å². The molecule has 0 aliphatic rings. The number of aryl methyl sites for hydroxylation is 2. The van der Waals surface area contributed by atoms with E-state index in [1.165, 1.54) is 0 Å². The number of nitrogens with one attached hydrogen (secondary N) is 1. The van der Waals surface area contributed by atoms with Gasteiger partial charge in [0.25, 0.3) is 0 Å². The monoisotopic (exact) mass is 282 g/mol. The van der Waals surface area contributed by atoms with Crippen molar-refractivity contribution < 1.29 is 0 Å². The zero-order valence-corrected chi connectivity index (χ0v) is 12.4. The lowest BCUT2D eigenvalue weighted by molar-refractivity contribution is 0.722. The lowest BCUT2D eigenvalue weighted by atomic mass is 10.1. The molecule has 1 atom stereocenters. The molecule has 1 unspecified atom stereocenters. The van der Waals surface area contributed by atoms with Crippen LogP contribution in [0.15, 0.2) is 43.0 Å². The van der Waals surface area contributed by atoms with Gasteiger partial charge in [0.2, 0.25) is 0 Å². The number of hydrogen-bond donors (Lipinski definition) is 1. The minimum atomic E-state index is 0.125. The van der Waals surface area contributed by atoms with Crippen molar-refractivity contribution in [2.24, 2.45) is 14.1 Å². The fraction of sp³-hybridized carbons (Fsp3) is 0.267. The quantitative estimate of drug-likeness (QED) is 0.798. The van der Waals surface area contributed by atoms with Gasteiger partial charge in [0.15, 0.2) is 5.82 Å². The van der Waals surface area contributed by atoms with Crippen molar-refractivity contribution >= 4 is 5.69 Å². The third-order valence-corrected chi connectivity index (χ3v) is 3.46. The van der Waals surface area contributed by atoms with E-state index in [1.54, 1.807) is 6.33 Å². The van der Waals surface area contributed by atoms with Crippen LogP contribution in [-0.2, 0) is 14.1 Å². The maximum Gasteiger partial charge on any atom is 0.163 e. The number of rotatable bonds is 4. The first-order valence-electron chi connectivity index (χ1n) is 6.83. The Hall–Kier alpha value is -2.63. The van der Waals surface area contributed by atoms with E-state index in [0.717, 1.165) is 22.9 Å². The van der Waals surface area contributed by atoms with E-state index in [4.69, 9.17) is 0 Å². The first kappa shape index (κ1) is 13.4. The van der Waals surface area contributed by atoms with Gasteiger partial charge in [-0.25, -0.2) is 4.98 Å². The summed E-state index contributed by atoms with van der Waals surface area (Å²) < 4.78 is 3.92. The van der Waals surface area contributed by atoms with E-state index < -0.39 is 0 Å². The fourth-order valence-corrected chi connectivity index (χ4v) is 2.40. The maximum atomic E-state index is 4.37. The number of imidazole rings is 1. The summed E-state index contributed by atoms with van der Waals surface area (Å²) in [7, 11) is 3.93. The Morgan fingerprint density at radius 1 is 1.19 bits per heavy atom. The molecule has 21 heavy (non-hydrogen) atoms. The predicted molar refractivity (Wildman–Crippen MR) is 81.7 cm³/mol. The van der Waals surface area contributed by atoms with Crippen LogP contribution in [-0.4, -0.2) is 24.3 Å². The van der Waals surface area contributed by atoms with E-state index in [2.05, 4.69) is 33.5 Å². The van der Waals surface area contributed by atoms with E-state index in [0.29, 0.717) is 0 Å². The third-order valence-electron chi connectivity index (χ3n) is 3.46. The van der Waals surface area contributed by atoms with Crippen LogP contribution in [0.4, 0.5) is 5.69 Å². The summed E-state index contributed by atoms with van der Waals surface area (Å²) in [5, 5.41) is 11.5. The molecule has 0 saturated heterocycles. The highest BCUT2D eigenvalue weighted by Gasteiger charge is 2.11. The molecular weight excluding hydrogens is 264 g/mol. The summed E-state index contributed by atoms with van der Waals surface area (Å²) in [6, 6.07) is 8.28. The summed E-state index contributed by atoms with van der Waals surface area (Å²) in [6.07, 6.45) is 5.46. The fourth-order valence-electron chi connectivity index (χ4n) is 2.40. The number of benzene rings is 1. The molecule has 0 aliphatic carbocycles. The molecule has 0 saturated carbocycles. The summed E-state index contributed by atoms with van der Waals surface area (Å²) in [5.41, 5.74) is 2.07. The standard InChI is InChI=1S/C15H18N6/c1-11(14-16-7-8-20(14)2)18-13-6-4-5-12(9-13)15-19-17-10-21(15)3/h4-11,18H,1-3H3. The Morgan fingerprint density at radius 3 is 2.71 bits per heavy atom. The van der Waals surface area contributed by atoms with Gasteiger partial charge in [0.05, 0.1) is 6.04 Å². The van der Waals surface area contributed by atoms with E-state index in [-0.39, 0.29) is 6.04 Å². The van der Waals surface area contributed by atoms with Gasteiger partial charge in [-0.3, -0.25) is 0 Å². The van der Waals surface area contributed by atoms with Crippen molar-refractivity contribution in [1.29, 1.82) is 0 Å². The molecular formula is C15H18N6. The van der Waals surface area contributed by atoms with Gasteiger partial charge >= 0.3 is 0 Å². The largest absolute Gasteiger partial charge is 0.375 e. The van der Waals surface area contributed by atoms with Crippen molar-refractivity contribution in [2.45, 2.75) is 13.0 Å². The van der Waals surface area contributed by atoms with Crippen molar-refractivity contribution in [3.8, 4) is 11.4 Å². The van der Waals surface area contributed by atoms with Gasteiger partial charge in [-0.15, -0.1) is 10.2 Å². The molecule has 6 nitrogen and oxygen atoms in total. The molecule has 3 rings (SSSR count). The molecule has 0 amide bonds. The van der Waals surface area contributed by atoms with Crippen LogP contribution in [0.1, 0.15) is 18.8 Å². The second kappa shape index (κ2) is 5.40. The minimum absolute atomic E-state index is 0.125. The van der Waals surface area contributed by atoms with Crippen LogP contribution in [0, 0.1) is 0 Å². The zero-order chi connectivity index (χ0) is 14.8. The summed E-state index contributed by atoms with van der Waals surface area (Å²) in [5.74, 6) is 1.85. The topological polar surface area (TPSA) is 60.6 Å². The molecule has 2 aromatic heterocycles. The second-order valence-corrected chi connectivity index (χ2v) is 5.11. The lowest BCUT2D eigenvalue weighted by Crippen LogP contribution is -2.11. The molecule has 1 aromatic carbocycles. The second-order valence-electron chi connectivity index (χ2n) is 5.11. The Balaban J connectivity index is 1.84. The highest BCUT2D eigenvalue weighted by atomic mass is 15.2. The third kappa shape index (κ3) is 2.65. The summed E-state index contributed by atoms with van der Waals surface area (Å²) in [6.45, 7) is 2.09. The molecule has 3 aromatic rings.